The van der Waals surface area contributed by atoms with E-state index < -0.39 is 9.84 Å². The molecule has 0 spiro atoms. The van der Waals surface area contributed by atoms with Gasteiger partial charge in [0, 0.05) is 37.5 Å². The predicted molar refractivity (Wildman–Crippen MR) is 107 cm³/mol. The highest BCUT2D eigenvalue weighted by molar-refractivity contribution is 7.90. The van der Waals surface area contributed by atoms with Crippen LogP contribution in [0.25, 0.3) is 0 Å². The van der Waals surface area contributed by atoms with E-state index in [2.05, 4.69) is 22.3 Å². The first kappa shape index (κ1) is 19.9. The minimum Gasteiger partial charge on any atom is -0.349 e. The van der Waals surface area contributed by atoms with Gasteiger partial charge in [-0.3, -0.25) is 9.69 Å². The molecule has 0 saturated carbocycles. The molecule has 7 heteroatoms. The molecule has 1 aliphatic heterocycles. The molecule has 144 valence electrons. The van der Waals surface area contributed by atoms with E-state index in [1.807, 2.05) is 18.2 Å². The number of piperidine rings is 1. The quantitative estimate of drug-likeness (QED) is 0.828. The maximum absolute atomic E-state index is 12.5. The molecule has 1 N–H and O–H groups in total. The Kier molecular flexibility index (Phi) is 6.19. The summed E-state index contributed by atoms with van der Waals surface area (Å²) in [7, 11) is -3.48. The van der Waals surface area contributed by atoms with Gasteiger partial charge < -0.3 is 5.32 Å². The Morgan fingerprint density at radius 3 is 2.44 bits per heavy atom. The van der Waals surface area contributed by atoms with Gasteiger partial charge in [0.1, 0.15) is 0 Å². The van der Waals surface area contributed by atoms with E-state index in [1.54, 1.807) is 6.07 Å². The number of carbonyl (C=O) groups is 1. The Bertz CT molecular complexity index is 908. The summed E-state index contributed by atoms with van der Waals surface area (Å²) in [5, 5.41) is 3.14. The van der Waals surface area contributed by atoms with Gasteiger partial charge in [0.25, 0.3) is 5.91 Å². The molecular weight excluding hydrogens is 384 g/mol. The van der Waals surface area contributed by atoms with Crippen LogP contribution in [0.3, 0.4) is 0 Å². The van der Waals surface area contributed by atoms with E-state index in [0.29, 0.717) is 5.56 Å². The molecule has 0 aromatic heterocycles. The molecule has 2 aromatic carbocycles. The number of hydrogen-bond donors (Lipinski definition) is 1. The van der Waals surface area contributed by atoms with Gasteiger partial charge in [-0.05, 0) is 36.6 Å². The van der Waals surface area contributed by atoms with Crippen LogP contribution in [0.1, 0.15) is 28.8 Å². The first-order valence-corrected chi connectivity index (χ1v) is 11.2. The Morgan fingerprint density at radius 2 is 1.81 bits per heavy atom. The minimum absolute atomic E-state index is 0.0190. The van der Waals surface area contributed by atoms with Crippen LogP contribution in [-0.4, -0.2) is 44.6 Å². The fourth-order valence-corrected chi connectivity index (χ4v) is 4.58. The molecule has 0 atom stereocenters. The normalized spacial score (nSPS) is 16.2. The average molecular weight is 407 g/mol. The third-order valence-corrected chi connectivity index (χ3v) is 6.34. The number of benzene rings is 2. The van der Waals surface area contributed by atoms with Crippen molar-refractivity contribution < 1.29 is 13.2 Å². The van der Waals surface area contributed by atoms with E-state index in [1.165, 1.54) is 17.7 Å². The summed E-state index contributed by atoms with van der Waals surface area (Å²) in [5.74, 6) is -0.266. The highest BCUT2D eigenvalue weighted by atomic mass is 35.5. The van der Waals surface area contributed by atoms with Gasteiger partial charge in [-0.15, -0.1) is 0 Å². The summed E-state index contributed by atoms with van der Waals surface area (Å²) in [4.78, 5) is 14.9. The lowest BCUT2D eigenvalue weighted by Crippen LogP contribution is -2.44. The number of amides is 1. The van der Waals surface area contributed by atoms with Crippen molar-refractivity contribution in [2.75, 3.05) is 19.3 Å². The SMILES string of the molecule is CS(=O)(=O)c1cc(C(=O)NC2CCN(Cc3ccccc3)CC2)ccc1Cl. The summed E-state index contributed by atoms with van der Waals surface area (Å²) in [5.41, 5.74) is 1.60. The molecule has 27 heavy (non-hydrogen) atoms. The van der Waals surface area contributed by atoms with Crippen LogP contribution >= 0.6 is 11.6 Å². The molecule has 1 heterocycles. The molecule has 5 nitrogen and oxygen atoms in total. The molecule has 0 radical (unpaired) electrons. The number of nitrogens with one attached hydrogen (secondary N) is 1. The smallest absolute Gasteiger partial charge is 0.251 e. The lowest BCUT2D eigenvalue weighted by atomic mass is 10.0. The van der Waals surface area contributed by atoms with Gasteiger partial charge >= 0.3 is 0 Å². The van der Waals surface area contributed by atoms with Crippen molar-refractivity contribution >= 4 is 27.3 Å². The predicted octanol–water partition coefficient (Wildman–Crippen LogP) is 3.14. The molecule has 0 aliphatic carbocycles. The Balaban J connectivity index is 1.57. The highest BCUT2D eigenvalue weighted by Crippen LogP contribution is 2.23. The van der Waals surface area contributed by atoms with Gasteiger partial charge in [0.2, 0.25) is 0 Å². The molecule has 3 rings (SSSR count). The fraction of sp³-hybridized carbons (Fsp3) is 0.350. The first-order valence-electron chi connectivity index (χ1n) is 8.89. The monoisotopic (exact) mass is 406 g/mol. The van der Waals surface area contributed by atoms with Crippen LogP contribution in [-0.2, 0) is 16.4 Å². The zero-order chi connectivity index (χ0) is 19.4. The number of nitrogens with zero attached hydrogens (tertiary/aromatic N) is 1. The zero-order valence-electron chi connectivity index (χ0n) is 15.2. The van der Waals surface area contributed by atoms with E-state index in [0.717, 1.165) is 38.7 Å². The van der Waals surface area contributed by atoms with E-state index >= 15 is 0 Å². The lowest BCUT2D eigenvalue weighted by Gasteiger charge is -2.32. The van der Waals surface area contributed by atoms with Crippen LogP contribution in [0.15, 0.2) is 53.4 Å². The Morgan fingerprint density at radius 1 is 1.15 bits per heavy atom. The molecule has 0 unspecified atom stereocenters. The van der Waals surface area contributed by atoms with Crippen LogP contribution in [0.5, 0.6) is 0 Å². The van der Waals surface area contributed by atoms with Crippen molar-refractivity contribution in [2.45, 2.75) is 30.3 Å². The summed E-state index contributed by atoms with van der Waals surface area (Å²) in [6, 6.07) is 14.8. The van der Waals surface area contributed by atoms with Crippen molar-refractivity contribution in [1.82, 2.24) is 10.2 Å². The van der Waals surface area contributed by atoms with Crippen molar-refractivity contribution in [3.8, 4) is 0 Å². The number of carbonyl (C=O) groups excluding carboxylic acids is 1. The third kappa shape index (κ3) is 5.31. The second kappa shape index (κ2) is 8.42. The second-order valence-corrected chi connectivity index (χ2v) is 9.32. The maximum Gasteiger partial charge on any atom is 0.251 e. The largest absolute Gasteiger partial charge is 0.349 e. The molecule has 2 aromatic rings. The molecular formula is C20H23ClN2O3S. The second-order valence-electron chi connectivity index (χ2n) is 6.93. The Labute approximate surface area is 165 Å². The number of sulfone groups is 1. The highest BCUT2D eigenvalue weighted by Gasteiger charge is 2.22. The molecule has 1 fully saturated rings. The van der Waals surface area contributed by atoms with Crippen LogP contribution in [0.2, 0.25) is 5.02 Å². The summed E-state index contributed by atoms with van der Waals surface area (Å²) < 4.78 is 23.6. The molecule has 0 bridgehead atoms. The lowest BCUT2D eigenvalue weighted by molar-refractivity contribution is 0.0908. The topological polar surface area (TPSA) is 66.5 Å². The summed E-state index contributed by atoms with van der Waals surface area (Å²) >= 11 is 5.94. The number of halogens is 1. The van der Waals surface area contributed by atoms with Crippen LogP contribution < -0.4 is 5.32 Å². The van der Waals surface area contributed by atoms with Gasteiger partial charge in [-0.2, -0.15) is 0 Å². The number of likely N-dealkylation sites (tertiary alicyclic amines) is 1. The average Bonchev–Trinajstić information content (AvgIpc) is 2.63. The van der Waals surface area contributed by atoms with Crippen molar-refractivity contribution in [1.29, 1.82) is 0 Å². The van der Waals surface area contributed by atoms with Gasteiger partial charge in [0.05, 0.1) is 9.92 Å². The van der Waals surface area contributed by atoms with Gasteiger partial charge in [0.15, 0.2) is 9.84 Å². The zero-order valence-corrected chi connectivity index (χ0v) is 16.8. The third-order valence-electron chi connectivity index (χ3n) is 4.76. The molecule has 1 aliphatic rings. The maximum atomic E-state index is 12.5. The minimum atomic E-state index is -3.48. The summed E-state index contributed by atoms with van der Waals surface area (Å²) in [6.45, 7) is 2.74. The van der Waals surface area contributed by atoms with Crippen LogP contribution in [0.4, 0.5) is 0 Å². The van der Waals surface area contributed by atoms with E-state index in [-0.39, 0.29) is 21.9 Å². The number of hydrogen-bond acceptors (Lipinski definition) is 4. The van der Waals surface area contributed by atoms with Crippen molar-refractivity contribution in [2.24, 2.45) is 0 Å². The standard InChI is InChI=1S/C20H23ClN2O3S/c1-27(25,26)19-13-16(7-8-18(19)21)20(24)22-17-9-11-23(12-10-17)14-15-5-3-2-4-6-15/h2-8,13,17H,9-12,14H2,1H3,(H,22,24). The van der Waals surface area contributed by atoms with Gasteiger partial charge in [-0.1, -0.05) is 41.9 Å². The van der Waals surface area contributed by atoms with E-state index in [4.69, 9.17) is 11.6 Å². The fourth-order valence-electron chi connectivity index (χ4n) is 3.27. The van der Waals surface area contributed by atoms with Crippen molar-refractivity contribution in [3.05, 3.63) is 64.7 Å². The Hall–Kier alpha value is -1.89. The number of rotatable bonds is 5. The molecule has 1 amide bonds. The van der Waals surface area contributed by atoms with Crippen molar-refractivity contribution in [3.63, 3.8) is 0 Å². The van der Waals surface area contributed by atoms with Gasteiger partial charge in [-0.25, -0.2) is 8.42 Å². The van der Waals surface area contributed by atoms with Crippen LogP contribution in [0, 0.1) is 0 Å². The summed E-state index contributed by atoms with van der Waals surface area (Å²) in [6.07, 6.45) is 2.81. The van der Waals surface area contributed by atoms with E-state index in [9.17, 15) is 13.2 Å². The first-order chi connectivity index (χ1) is 12.8. The molecule has 1 saturated heterocycles.